The van der Waals surface area contributed by atoms with Gasteiger partial charge in [-0.1, -0.05) is 30.3 Å². The van der Waals surface area contributed by atoms with Crippen molar-refractivity contribution in [2.45, 2.75) is 39.4 Å². The van der Waals surface area contributed by atoms with Crippen LogP contribution >= 0.6 is 24.0 Å². The summed E-state index contributed by atoms with van der Waals surface area (Å²) in [5.74, 6) is 0.472. The second-order valence-corrected chi connectivity index (χ2v) is 7.56. The Morgan fingerprint density at radius 3 is 2.28 bits per heavy atom. The fourth-order valence-corrected chi connectivity index (χ4v) is 2.58. The van der Waals surface area contributed by atoms with Crippen LogP contribution in [0.1, 0.15) is 31.9 Å². The molecule has 0 aliphatic rings. The van der Waals surface area contributed by atoms with Gasteiger partial charge in [-0.2, -0.15) is 0 Å². The van der Waals surface area contributed by atoms with Crippen LogP contribution in [0.3, 0.4) is 0 Å². The molecule has 29 heavy (non-hydrogen) atoms. The summed E-state index contributed by atoms with van der Waals surface area (Å²) in [7, 11) is 1.66. The highest BCUT2D eigenvalue weighted by atomic mass is 127. The molecule has 0 spiro atoms. The average molecular weight is 511 g/mol. The highest BCUT2D eigenvalue weighted by Crippen LogP contribution is 2.05. The number of pyridine rings is 1. The van der Waals surface area contributed by atoms with Crippen LogP contribution in [0.4, 0.5) is 0 Å². The summed E-state index contributed by atoms with van der Waals surface area (Å²) in [6.07, 6.45) is 1.78. The SMILES string of the molecule is CN=C(NCC(=O)NC(C)(C)C)NCc1ccc(Cn2ccccc2=O)cc1.I. The van der Waals surface area contributed by atoms with Gasteiger partial charge in [-0.15, -0.1) is 24.0 Å². The number of halogens is 1. The van der Waals surface area contributed by atoms with Gasteiger partial charge < -0.3 is 20.5 Å². The smallest absolute Gasteiger partial charge is 0.250 e. The van der Waals surface area contributed by atoms with Crippen molar-refractivity contribution in [1.29, 1.82) is 0 Å². The number of hydrogen-bond donors (Lipinski definition) is 3. The van der Waals surface area contributed by atoms with Gasteiger partial charge in [0.25, 0.3) is 5.56 Å². The van der Waals surface area contributed by atoms with Crippen molar-refractivity contribution in [1.82, 2.24) is 20.5 Å². The number of aromatic nitrogens is 1. The van der Waals surface area contributed by atoms with E-state index >= 15 is 0 Å². The van der Waals surface area contributed by atoms with Crippen LogP contribution in [0.5, 0.6) is 0 Å². The first kappa shape index (κ1) is 24.7. The first-order chi connectivity index (χ1) is 13.3. The minimum Gasteiger partial charge on any atom is -0.352 e. The third-order valence-corrected chi connectivity index (χ3v) is 3.89. The molecule has 158 valence electrons. The number of amides is 1. The molecular weight excluding hydrogens is 481 g/mol. The highest BCUT2D eigenvalue weighted by molar-refractivity contribution is 14.0. The predicted molar refractivity (Wildman–Crippen MR) is 128 cm³/mol. The maximum atomic E-state index is 11.9. The average Bonchev–Trinajstić information content (AvgIpc) is 2.63. The van der Waals surface area contributed by atoms with Crippen LogP contribution in [0.2, 0.25) is 0 Å². The second-order valence-electron chi connectivity index (χ2n) is 7.56. The van der Waals surface area contributed by atoms with E-state index in [-0.39, 0.29) is 47.5 Å². The molecule has 0 bridgehead atoms. The molecule has 1 aromatic heterocycles. The summed E-state index contributed by atoms with van der Waals surface area (Å²) < 4.78 is 1.67. The van der Waals surface area contributed by atoms with E-state index < -0.39 is 0 Å². The van der Waals surface area contributed by atoms with Crippen molar-refractivity contribution >= 4 is 35.8 Å². The van der Waals surface area contributed by atoms with Gasteiger partial charge in [0.05, 0.1) is 13.1 Å². The van der Waals surface area contributed by atoms with Crippen LogP contribution in [0.15, 0.2) is 58.4 Å². The highest BCUT2D eigenvalue weighted by Gasteiger charge is 2.13. The van der Waals surface area contributed by atoms with E-state index in [2.05, 4.69) is 20.9 Å². The molecule has 0 unspecified atom stereocenters. The van der Waals surface area contributed by atoms with E-state index in [1.165, 1.54) is 0 Å². The van der Waals surface area contributed by atoms with Gasteiger partial charge in [0.1, 0.15) is 0 Å². The Balaban J connectivity index is 0.00000420. The molecule has 8 heteroatoms. The van der Waals surface area contributed by atoms with Gasteiger partial charge in [0, 0.05) is 31.4 Å². The summed E-state index contributed by atoms with van der Waals surface area (Å²) in [5.41, 5.74) is 1.85. The largest absolute Gasteiger partial charge is 0.352 e. The summed E-state index contributed by atoms with van der Waals surface area (Å²) in [6.45, 7) is 7.09. The Hall–Kier alpha value is -2.36. The number of benzene rings is 1. The van der Waals surface area contributed by atoms with Gasteiger partial charge in [0.15, 0.2) is 5.96 Å². The quantitative estimate of drug-likeness (QED) is 0.315. The van der Waals surface area contributed by atoms with Crippen LogP contribution in [0, 0.1) is 0 Å². The second kappa shape index (κ2) is 11.6. The Morgan fingerprint density at radius 1 is 1.03 bits per heavy atom. The molecule has 0 fully saturated rings. The maximum absolute atomic E-state index is 11.9. The topological polar surface area (TPSA) is 87.5 Å². The Morgan fingerprint density at radius 2 is 1.69 bits per heavy atom. The number of carbonyl (C=O) groups excluding carboxylic acids is 1. The zero-order valence-corrected chi connectivity index (χ0v) is 19.7. The van der Waals surface area contributed by atoms with E-state index in [9.17, 15) is 9.59 Å². The summed E-state index contributed by atoms with van der Waals surface area (Å²) in [5, 5.41) is 9.08. The van der Waals surface area contributed by atoms with Crippen molar-refractivity contribution in [2.24, 2.45) is 4.99 Å². The third kappa shape index (κ3) is 9.12. The number of nitrogens with one attached hydrogen (secondary N) is 3. The lowest BCUT2D eigenvalue weighted by Gasteiger charge is -2.21. The number of nitrogens with zero attached hydrogens (tertiary/aromatic N) is 2. The lowest BCUT2D eigenvalue weighted by molar-refractivity contribution is -0.121. The molecule has 0 saturated heterocycles. The molecule has 2 aromatic rings. The number of rotatable bonds is 6. The van der Waals surface area contributed by atoms with Crippen molar-refractivity contribution < 1.29 is 4.79 Å². The van der Waals surface area contributed by atoms with Gasteiger partial charge in [-0.3, -0.25) is 14.6 Å². The summed E-state index contributed by atoms with van der Waals surface area (Å²) in [4.78, 5) is 27.8. The van der Waals surface area contributed by atoms with Crippen molar-refractivity contribution in [3.05, 3.63) is 70.1 Å². The summed E-state index contributed by atoms with van der Waals surface area (Å²) >= 11 is 0. The van der Waals surface area contributed by atoms with Crippen LogP contribution in [-0.2, 0) is 17.9 Å². The molecular formula is C21H30IN5O2. The Bertz CT molecular complexity index is 870. The molecule has 1 heterocycles. The minimum atomic E-state index is -0.262. The fraction of sp³-hybridized carbons (Fsp3) is 0.381. The van der Waals surface area contributed by atoms with Gasteiger partial charge >= 0.3 is 0 Å². The van der Waals surface area contributed by atoms with Gasteiger partial charge in [0.2, 0.25) is 5.91 Å². The molecule has 0 radical (unpaired) electrons. The number of guanidine groups is 1. The van der Waals surface area contributed by atoms with E-state index in [0.717, 1.165) is 11.1 Å². The molecule has 0 aliphatic heterocycles. The third-order valence-electron chi connectivity index (χ3n) is 3.89. The fourth-order valence-electron chi connectivity index (χ4n) is 2.58. The molecule has 1 aromatic carbocycles. The summed E-state index contributed by atoms with van der Waals surface area (Å²) in [6, 6.07) is 13.2. The molecule has 0 aliphatic carbocycles. The standard InChI is InChI=1S/C21H29N5O2.HI/c1-21(2,3)25-18(27)14-24-20(22-4)23-13-16-8-10-17(11-9-16)15-26-12-6-5-7-19(26)28;/h5-12H,13-15H2,1-4H3,(H,25,27)(H2,22,23,24);1H. The maximum Gasteiger partial charge on any atom is 0.250 e. The number of hydrogen-bond acceptors (Lipinski definition) is 3. The van der Waals surface area contributed by atoms with E-state index in [0.29, 0.717) is 19.0 Å². The lowest BCUT2D eigenvalue weighted by atomic mass is 10.1. The molecule has 0 atom stereocenters. The molecule has 1 amide bonds. The monoisotopic (exact) mass is 511 g/mol. The zero-order valence-electron chi connectivity index (χ0n) is 17.4. The van der Waals surface area contributed by atoms with Crippen LogP contribution in [-0.4, -0.2) is 35.6 Å². The first-order valence-electron chi connectivity index (χ1n) is 9.25. The normalized spacial score (nSPS) is 11.4. The van der Waals surface area contributed by atoms with Gasteiger partial charge in [-0.25, -0.2) is 0 Å². The van der Waals surface area contributed by atoms with E-state index in [1.807, 2.05) is 51.1 Å². The first-order valence-corrected chi connectivity index (χ1v) is 9.25. The number of aliphatic imine (C=N–C) groups is 1. The molecule has 3 N–H and O–H groups in total. The van der Waals surface area contributed by atoms with E-state index in [4.69, 9.17) is 0 Å². The predicted octanol–water partition coefficient (Wildman–Crippen LogP) is 2.09. The van der Waals surface area contributed by atoms with Crippen molar-refractivity contribution in [3.63, 3.8) is 0 Å². The molecule has 0 saturated carbocycles. The van der Waals surface area contributed by atoms with Crippen LogP contribution in [0.25, 0.3) is 0 Å². The number of carbonyl (C=O) groups is 1. The lowest BCUT2D eigenvalue weighted by Crippen LogP contribution is -2.48. The minimum absolute atomic E-state index is 0. The van der Waals surface area contributed by atoms with E-state index in [1.54, 1.807) is 29.9 Å². The molecule has 7 nitrogen and oxygen atoms in total. The van der Waals surface area contributed by atoms with Crippen molar-refractivity contribution in [2.75, 3.05) is 13.6 Å². The van der Waals surface area contributed by atoms with Gasteiger partial charge in [-0.05, 0) is 38.0 Å². The molecule has 2 rings (SSSR count). The Kier molecular flexibility index (Phi) is 9.87. The zero-order chi connectivity index (χ0) is 20.6. The van der Waals surface area contributed by atoms with Crippen LogP contribution < -0.4 is 21.5 Å². The van der Waals surface area contributed by atoms with Crippen molar-refractivity contribution in [3.8, 4) is 0 Å². The Labute approximate surface area is 189 Å².